The summed E-state index contributed by atoms with van der Waals surface area (Å²) in [7, 11) is 0. The number of benzene rings is 1. The van der Waals surface area contributed by atoms with Crippen molar-refractivity contribution in [2.45, 2.75) is 32.2 Å². The third-order valence-corrected chi connectivity index (χ3v) is 2.61. The maximum absolute atomic E-state index is 5.91. The van der Waals surface area contributed by atoms with Crippen LogP contribution in [0.2, 0.25) is 5.02 Å². The van der Waals surface area contributed by atoms with Gasteiger partial charge in [-0.3, -0.25) is 0 Å². The summed E-state index contributed by atoms with van der Waals surface area (Å²) < 4.78 is 5.59. The number of nitrogens with zero attached hydrogens (tertiary/aromatic N) is 1. The van der Waals surface area contributed by atoms with Crippen LogP contribution in [0.1, 0.15) is 26.2 Å². The van der Waals surface area contributed by atoms with Gasteiger partial charge in [0.05, 0.1) is 0 Å². The monoisotopic (exact) mass is 238 g/mol. The van der Waals surface area contributed by atoms with E-state index < -0.39 is 0 Å². The molecule has 0 fully saturated rings. The summed E-state index contributed by atoms with van der Waals surface area (Å²) in [6.45, 7) is 3.99. The van der Waals surface area contributed by atoms with Gasteiger partial charge in [-0.2, -0.15) is 0 Å². The van der Waals surface area contributed by atoms with Crippen LogP contribution >= 0.6 is 11.6 Å². The summed E-state index contributed by atoms with van der Waals surface area (Å²) >= 11 is 5.88. The van der Waals surface area contributed by atoms with E-state index in [9.17, 15) is 0 Å². The van der Waals surface area contributed by atoms with Crippen molar-refractivity contribution in [2.75, 3.05) is 0 Å². The van der Waals surface area contributed by atoms with Gasteiger partial charge in [-0.25, -0.2) is 4.98 Å². The molecule has 16 heavy (non-hydrogen) atoms. The van der Waals surface area contributed by atoms with Crippen LogP contribution in [-0.4, -0.2) is 10.5 Å². The minimum absolute atomic E-state index is 0.196. The molecule has 1 aromatic carbocycles. The van der Waals surface area contributed by atoms with Crippen LogP contribution in [0.15, 0.2) is 22.6 Å². The number of aryl methyl sites for hydroxylation is 1. The largest absolute Gasteiger partial charge is 0.441 e. The van der Waals surface area contributed by atoms with E-state index in [0.717, 1.165) is 29.8 Å². The molecule has 0 bridgehead atoms. The molecule has 0 amide bonds. The molecule has 1 heterocycles. The Morgan fingerprint density at radius 3 is 2.88 bits per heavy atom. The fourth-order valence-corrected chi connectivity index (χ4v) is 1.65. The lowest BCUT2D eigenvalue weighted by molar-refractivity contribution is 0.435. The molecule has 4 heteroatoms. The van der Waals surface area contributed by atoms with Crippen LogP contribution in [0.4, 0.5) is 0 Å². The van der Waals surface area contributed by atoms with Gasteiger partial charge < -0.3 is 10.2 Å². The highest BCUT2D eigenvalue weighted by atomic mass is 35.5. The molecule has 0 aliphatic heterocycles. The second-order valence-electron chi connectivity index (χ2n) is 4.71. The van der Waals surface area contributed by atoms with Gasteiger partial charge in [-0.15, -0.1) is 0 Å². The second kappa shape index (κ2) is 4.07. The molecule has 0 aliphatic carbocycles. The summed E-state index contributed by atoms with van der Waals surface area (Å²) in [5.74, 6) is 0.718. The molecule has 2 aromatic rings. The quantitative estimate of drug-likeness (QED) is 0.894. The lowest BCUT2D eigenvalue weighted by Crippen LogP contribution is -2.32. The zero-order valence-electron chi connectivity index (χ0n) is 9.46. The van der Waals surface area contributed by atoms with Gasteiger partial charge in [-0.05, 0) is 38.5 Å². The average Bonchev–Trinajstić information content (AvgIpc) is 2.55. The van der Waals surface area contributed by atoms with Gasteiger partial charge >= 0.3 is 0 Å². The average molecular weight is 239 g/mol. The van der Waals surface area contributed by atoms with Crippen molar-refractivity contribution in [3.8, 4) is 0 Å². The van der Waals surface area contributed by atoms with E-state index in [4.69, 9.17) is 21.8 Å². The minimum Gasteiger partial charge on any atom is -0.441 e. The predicted octanol–water partition coefficient (Wildman–Crippen LogP) is 3.15. The first kappa shape index (κ1) is 11.4. The number of rotatable bonds is 3. The van der Waals surface area contributed by atoms with E-state index in [1.165, 1.54) is 0 Å². The lowest BCUT2D eigenvalue weighted by atomic mass is 10.0. The number of aromatic nitrogens is 1. The first-order valence-corrected chi connectivity index (χ1v) is 5.66. The number of fused-ring (bicyclic) bond motifs is 1. The molecule has 0 unspecified atom stereocenters. The van der Waals surface area contributed by atoms with Gasteiger partial charge in [0.15, 0.2) is 11.5 Å². The number of oxazole rings is 1. The molecule has 0 saturated carbocycles. The minimum atomic E-state index is -0.196. The van der Waals surface area contributed by atoms with Crippen LogP contribution in [0, 0.1) is 0 Å². The van der Waals surface area contributed by atoms with Crippen molar-refractivity contribution in [1.29, 1.82) is 0 Å². The van der Waals surface area contributed by atoms with E-state index >= 15 is 0 Å². The maximum atomic E-state index is 5.91. The first-order chi connectivity index (χ1) is 7.44. The predicted molar refractivity (Wildman–Crippen MR) is 65.6 cm³/mol. The summed E-state index contributed by atoms with van der Waals surface area (Å²) in [4.78, 5) is 4.37. The Morgan fingerprint density at radius 2 is 2.19 bits per heavy atom. The van der Waals surface area contributed by atoms with Crippen molar-refractivity contribution in [3.63, 3.8) is 0 Å². The zero-order valence-corrected chi connectivity index (χ0v) is 10.2. The topological polar surface area (TPSA) is 52.0 Å². The molecule has 2 N–H and O–H groups in total. The van der Waals surface area contributed by atoms with Gasteiger partial charge in [0.2, 0.25) is 0 Å². The van der Waals surface area contributed by atoms with Crippen molar-refractivity contribution in [1.82, 2.24) is 4.98 Å². The molecule has 0 atom stereocenters. The van der Waals surface area contributed by atoms with Crippen molar-refractivity contribution in [3.05, 3.63) is 29.1 Å². The molecule has 3 nitrogen and oxygen atoms in total. The Labute approximate surface area is 99.6 Å². The summed E-state index contributed by atoms with van der Waals surface area (Å²) in [5, 5.41) is 0.673. The van der Waals surface area contributed by atoms with E-state index in [-0.39, 0.29) is 5.54 Å². The molecule has 2 rings (SSSR count). The third-order valence-electron chi connectivity index (χ3n) is 2.38. The fourth-order valence-electron chi connectivity index (χ4n) is 1.48. The molecule has 0 spiro atoms. The fraction of sp³-hybridized carbons (Fsp3) is 0.417. The Bertz CT molecular complexity index is 499. The molecule has 0 radical (unpaired) electrons. The van der Waals surface area contributed by atoms with Gasteiger partial charge in [0.25, 0.3) is 0 Å². The zero-order chi connectivity index (χ0) is 11.8. The molecular weight excluding hydrogens is 224 g/mol. The second-order valence-corrected chi connectivity index (χ2v) is 5.14. The number of hydrogen-bond acceptors (Lipinski definition) is 3. The smallest absolute Gasteiger partial charge is 0.195 e. The first-order valence-electron chi connectivity index (χ1n) is 5.28. The SMILES string of the molecule is CC(C)(N)CCc1nc2cc(Cl)ccc2o1. The van der Waals surface area contributed by atoms with Gasteiger partial charge in [0.1, 0.15) is 5.52 Å². The Morgan fingerprint density at radius 1 is 1.44 bits per heavy atom. The van der Waals surface area contributed by atoms with E-state index in [1.54, 1.807) is 12.1 Å². The lowest BCUT2D eigenvalue weighted by Gasteiger charge is -2.16. The number of nitrogens with two attached hydrogens (primary N) is 1. The Balaban J connectivity index is 2.20. The van der Waals surface area contributed by atoms with E-state index in [1.807, 2.05) is 19.9 Å². The van der Waals surface area contributed by atoms with Crippen LogP contribution in [0.5, 0.6) is 0 Å². The van der Waals surface area contributed by atoms with Gasteiger partial charge in [-0.1, -0.05) is 11.6 Å². The summed E-state index contributed by atoms with van der Waals surface area (Å²) in [5.41, 5.74) is 7.29. The van der Waals surface area contributed by atoms with Crippen molar-refractivity contribution < 1.29 is 4.42 Å². The van der Waals surface area contributed by atoms with Crippen molar-refractivity contribution in [2.24, 2.45) is 5.73 Å². The molecule has 1 aromatic heterocycles. The van der Waals surface area contributed by atoms with E-state index in [0.29, 0.717) is 5.02 Å². The van der Waals surface area contributed by atoms with Crippen LogP contribution < -0.4 is 5.73 Å². The standard InChI is InChI=1S/C12H15ClN2O/c1-12(2,14)6-5-11-15-9-7-8(13)3-4-10(9)16-11/h3-4,7H,5-6,14H2,1-2H3. The molecule has 86 valence electrons. The Kier molecular flexibility index (Phi) is 2.91. The van der Waals surface area contributed by atoms with Gasteiger partial charge in [0, 0.05) is 17.0 Å². The highest BCUT2D eigenvalue weighted by Gasteiger charge is 2.13. The molecular formula is C12H15ClN2O. The highest BCUT2D eigenvalue weighted by molar-refractivity contribution is 6.31. The normalized spacial score (nSPS) is 12.2. The van der Waals surface area contributed by atoms with Crippen LogP contribution in [0.3, 0.4) is 0 Å². The number of hydrogen-bond donors (Lipinski definition) is 1. The third kappa shape index (κ3) is 2.74. The summed E-state index contributed by atoms with van der Waals surface area (Å²) in [6.07, 6.45) is 1.59. The number of halogens is 1. The van der Waals surface area contributed by atoms with Crippen LogP contribution in [-0.2, 0) is 6.42 Å². The van der Waals surface area contributed by atoms with Crippen LogP contribution in [0.25, 0.3) is 11.1 Å². The molecule has 0 saturated heterocycles. The Hall–Kier alpha value is -1.06. The maximum Gasteiger partial charge on any atom is 0.195 e. The summed E-state index contributed by atoms with van der Waals surface area (Å²) in [6, 6.07) is 5.44. The highest BCUT2D eigenvalue weighted by Crippen LogP contribution is 2.21. The van der Waals surface area contributed by atoms with E-state index in [2.05, 4.69) is 4.98 Å². The molecule has 0 aliphatic rings. The van der Waals surface area contributed by atoms with Crippen molar-refractivity contribution >= 4 is 22.7 Å².